The third-order valence-electron chi connectivity index (χ3n) is 3.28. The van der Waals surface area contributed by atoms with Gasteiger partial charge in [-0.15, -0.1) is 11.3 Å². The number of thioether (sulfide) groups is 1. The maximum Gasteiger partial charge on any atom is 0.185 e. The number of hydrogen-bond donors (Lipinski definition) is 1. The van der Waals surface area contributed by atoms with Crippen molar-refractivity contribution in [1.29, 1.82) is 0 Å². The van der Waals surface area contributed by atoms with Crippen molar-refractivity contribution in [3.63, 3.8) is 0 Å². The second-order valence-corrected chi connectivity index (χ2v) is 6.60. The third kappa shape index (κ3) is 2.77. The van der Waals surface area contributed by atoms with Crippen molar-refractivity contribution in [1.82, 2.24) is 4.98 Å². The summed E-state index contributed by atoms with van der Waals surface area (Å²) in [5, 5.41) is 11.0. The Morgan fingerprint density at radius 3 is 3.06 bits per heavy atom. The van der Waals surface area contributed by atoms with E-state index in [2.05, 4.69) is 30.1 Å². The van der Waals surface area contributed by atoms with Gasteiger partial charge in [0.1, 0.15) is 0 Å². The van der Waals surface area contributed by atoms with Crippen molar-refractivity contribution in [3.05, 3.63) is 10.6 Å². The molecule has 0 fully saturated rings. The highest BCUT2D eigenvalue weighted by atomic mass is 32.2. The van der Waals surface area contributed by atoms with E-state index in [4.69, 9.17) is 0 Å². The van der Waals surface area contributed by atoms with Gasteiger partial charge in [-0.05, 0) is 32.4 Å². The molecule has 0 aliphatic heterocycles. The van der Waals surface area contributed by atoms with Crippen LogP contribution in [0.25, 0.3) is 0 Å². The highest BCUT2D eigenvalue weighted by Crippen LogP contribution is 2.36. The normalized spacial score (nSPS) is 21.1. The van der Waals surface area contributed by atoms with Crippen LogP contribution in [0.2, 0.25) is 0 Å². The summed E-state index contributed by atoms with van der Waals surface area (Å²) in [5.74, 6) is 1.10. The summed E-state index contributed by atoms with van der Waals surface area (Å²) < 4.78 is 0. The molecule has 1 N–H and O–H groups in total. The predicted octanol–water partition coefficient (Wildman–Crippen LogP) is 2.70. The van der Waals surface area contributed by atoms with Gasteiger partial charge in [0.25, 0.3) is 0 Å². The zero-order valence-electron chi connectivity index (χ0n) is 10.6. The smallest absolute Gasteiger partial charge is 0.185 e. The summed E-state index contributed by atoms with van der Waals surface area (Å²) in [6.07, 6.45) is 4.81. The SMILES string of the molecule is CSCC(C)N(C)c1nc2c(s1)CCCC2O. The van der Waals surface area contributed by atoms with Gasteiger partial charge in [0.2, 0.25) is 0 Å². The number of thiazole rings is 1. The Balaban J connectivity index is 2.17. The van der Waals surface area contributed by atoms with E-state index in [0.29, 0.717) is 6.04 Å². The first kappa shape index (κ1) is 13.2. The van der Waals surface area contributed by atoms with E-state index in [-0.39, 0.29) is 6.10 Å². The molecule has 0 amide bonds. The molecule has 96 valence electrons. The fraction of sp³-hybridized carbons (Fsp3) is 0.750. The summed E-state index contributed by atoms with van der Waals surface area (Å²) in [6.45, 7) is 2.22. The Kier molecular flexibility index (Phi) is 4.33. The number of aromatic nitrogens is 1. The third-order valence-corrected chi connectivity index (χ3v) is 5.32. The van der Waals surface area contributed by atoms with Crippen LogP contribution in [-0.4, -0.2) is 35.2 Å². The van der Waals surface area contributed by atoms with Gasteiger partial charge in [-0.3, -0.25) is 0 Å². The highest BCUT2D eigenvalue weighted by molar-refractivity contribution is 7.98. The van der Waals surface area contributed by atoms with Crippen LogP contribution in [0.15, 0.2) is 0 Å². The number of aliphatic hydroxyl groups is 1. The molecule has 3 nitrogen and oxygen atoms in total. The molecule has 0 saturated carbocycles. The minimum Gasteiger partial charge on any atom is -0.387 e. The van der Waals surface area contributed by atoms with Gasteiger partial charge in [-0.2, -0.15) is 11.8 Å². The van der Waals surface area contributed by atoms with Gasteiger partial charge in [0.05, 0.1) is 11.8 Å². The standard InChI is InChI=1S/C12H20N2OS2/c1-8(7-16-3)14(2)12-13-11-9(15)5-4-6-10(11)17-12/h8-9,15H,4-7H2,1-3H3. The topological polar surface area (TPSA) is 36.4 Å². The lowest BCUT2D eigenvalue weighted by molar-refractivity contribution is 0.153. The zero-order chi connectivity index (χ0) is 12.4. The molecule has 0 spiro atoms. The molecule has 1 aromatic rings. The minimum atomic E-state index is -0.340. The molecule has 0 bridgehead atoms. The van der Waals surface area contributed by atoms with E-state index in [9.17, 15) is 5.11 Å². The second-order valence-electron chi connectivity index (χ2n) is 4.63. The molecular weight excluding hydrogens is 252 g/mol. The number of fused-ring (bicyclic) bond motifs is 1. The number of aliphatic hydroxyl groups excluding tert-OH is 1. The van der Waals surface area contributed by atoms with Crippen molar-refractivity contribution in [3.8, 4) is 0 Å². The molecule has 5 heteroatoms. The summed E-state index contributed by atoms with van der Waals surface area (Å²) >= 11 is 3.60. The summed E-state index contributed by atoms with van der Waals surface area (Å²) in [7, 11) is 2.09. The molecule has 1 heterocycles. The Bertz CT molecular complexity index is 381. The molecule has 2 atom stereocenters. The molecule has 17 heavy (non-hydrogen) atoms. The van der Waals surface area contributed by atoms with Crippen molar-refractivity contribution >= 4 is 28.2 Å². The van der Waals surface area contributed by atoms with E-state index < -0.39 is 0 Å². The van der Waals surface area contributed by atoms with Gasteiger partial charge >= 0.3 is 0 Å². The van der Waals surface area contributed by atoms with Crippen LogP contribution in [-0.2, 0) is 6.42 Å². The lowest BCUT2D eigenvalue weighted by Crippen LogP contribution is -2.30. The van der Waals surface area contributed by atoms with Gasteiger partial charge in [-0.1, -0.05) is 0 Å². The summed E-state index contributed by atoms with van der Waals surface area (Å²) in [6, 6.07) is 0.481. The van der Waals surface area contributed by atoms with E-state index in [0.717, 1.165) is 35.8 Å². The quantitative estimate of drug-likeness (QED) is 0.914. The van der Waals surface area contributed by atoms with E-state index in [1.54, 1.807) is 11.3 Å². The van der Waals surface area contributed by atoms with Crippen LogP contribution in [0.4, 0.5) is 5.13 Å². The molecule has 0 aromatic carbocycles. The molecule has 1 aromatic heterocycles. The summed E-state index contributed by atoms with van der Waals surface area (Å²) in [4.78, 5) is 8.13. The van der Waals surface area contributed by atoms with Gasteiger partial charge in [0, 0.05) is 23.7 Å². The zero-order valence-corrected chi connectivity index (χ0v) is 12.3. The van der Waals surface area contributed by atoms with Gasteiger partial charge < -0.3 is 10.0 Å². The lowest BCUT2D eigenvalue weighted by Gasteiger charge is -2.23. The molecule has 1 aliphatic carbocycles. The van der Waals surface area contributed by atoms with Crippen molar-refractivity contribution in [2.24, 2.45) is 0 Å². The van der Waals surface area contributed by atoms with E-state index in [1.807, 2.05) is 11.8 Å². The Morgan fingerprint density at radius 1 is 1.65 bits per heavy atom. The van der Waals surface area contributed by atoms with Crippen LogP contribution >= 0.6 is 23.1 Å². The minimum absolute atomic E-state index is 0.340. The average Bonchev–Trinajstić information content (AvgIpc) is 2.73. The predicted molar refractivity (Wildman–Crippen MR) is 76.3 cm³/mol. The monoisotopic (exact) mass is 272 g/mol. The van der Waals surface area contributed by atoms with Crippen LogP contribution in [0, 0.1) is 0 Å². The Labute approximate surface area is 111 Å². The molecule has 0 radical (unpaired) electrons. The van der Waals surface area contributed by atoms with Gasteiger partial charge in [0.15, 0.2) is 5.13 Å². The van der Waals surface area contributed by atoms with Crippen molar-refractivity contribution in [2.45, 2.75) is 38.3 Å². The lowest BCUT2D eigenvalue weighted by atomic mass is 10.0. The first-order valence-corrected chi connectivity index (χ1v) is 8.24. The average molecular weight is 272 g/mol. The Hall–Kier alpha value is -0.260. The molecule has 2 rings (SSSR count). The fourth-order valence-electron chi connectivity index (χ4n) is 2.08. The number of hydrogen-bond acceptors (Lipinski definition) is 5. The molecule has 1 aliphatic rings. The Morgan fingerprint density at radius 2 is 2.41 bits per heavy atom. The highest BCUT2D eigenvalue weighted by Gasteiger charge is 2.24. The van der Waals surface area contributed by atoms with Gasteiger partial charge in [-0.25, -0.2) is 4.98 Å². The first-order chi connectivity index (χ1) is 8.13. The molecule has 0 saturated heterocycles. The van der Waals surface area contributed by atoms with Crippen LogP contribution in [0.5, 0.6) is 0 Å². The number of anilines is 1. The maximum atomic E-state index is 9.92. The number of aryl methyl sites for hydroxylation is 1. The van der Waals surface area contributed by atoms with Crippen molar-refractivity contribution < 1.29 is 5.11 Å². The van der Waals surface area contributed by atoms with Crippen LogP contribution in [0.1, 0.15) is 36.4 Å². The number of nitrogens with zero attached hydrogens (tertiary/aromatic N) is 2. The second kappa shape index (κ2) is 5.59. The maximum absolute atomic E-state index is 9.92. The number of rotatable bonds is 4. The molecule has 2 unspecified atom stereocenters. The first-order valence-electron chi connectivity index (χ1n) is 6.03. The molecular formula is C12H20N2OS2. The van der Waals surface area contributed by atoms with E-state index in [1.165, 1.54) is 4.88 Å². The van der Waals surface area contributed by atoms with Crippen LogP contribution in [0.3, 0.4) is 0 Å². The van der Waals surface area contributed by atoms with Crippen LogP contribution < -0.4 is 4.90 Å². The summed E-state index contributed by atoms with van der Waals surface area (Å²) in [5.41, 5.74) is 0.930. The fourth-order valence-corrected chi connectivity index (χ4v) is 4.00. The largest absolute Gasteiger partial charge is 0.387 e. The van der Waals surface area contributed by atoms with Crippen molar-refractivity contribution in [2.75, 3.05) is 24.0 Å². The van der Waals surface area contributed by atoms with E-state index >= 15 is 0 Å².